The van der Waals surface area contributed by atoms with Gasteiger partial charge in [-0.15, -0.1) is 0 Å². The van der Waals surface area contributed by atoms with Crippen molar-refractivity contribution in [1.82, 2.24) is 14.9 Å². The summed E-state index contributed by atoms with van der Waals surface area (Å²) in [5, 5.41) is 3.40. The van der Waals surface area contributed by atoms with Gasteiger partial charge in [0, 0.05) is 31.7 Å². The van der Waals surface area contributed by atoms with Crippen molar-refractivity contribution >= 4 is 17.6 Å². The van der Waals surface area contributed by atoms with Crippen LogP contribution in [0, 0.1) is 5.92 Å². The summed E-state index contributed by atoms with van der Waals surface area (Å²) < 4.78 is 0. The maximum Gasteiger partial charge on any atom is 0.223 e. The monoisotopic (exact) mass is 276 g/mol. The molecule has 110 valence electrons. The molecule has 1 saturated heterocycles. The number of nitrogen functional groups attached to an aromatic ring is 1. The van der Waals surface area contributed by atoms with Crippen LogP contribution in [0.4, 0.5) is 17.6 Å². The van der Waals surface area contributed by atoms with E-state index < -0.39 is 0 Å². The largest absolute Gasteiger partial charge is 0.368 e. The van der Waals surface area contributed by atoms with Gasteiger partial charge in [0.1, 0.15) is 11.6 Å². The molecular weight excluding hydrogens is 252 g/mol. The number of nitrogens with one attached hydrogen (secondary N) is 1. The average Bonchev–Trinajstić information content (AvgIpc) is 3.04. The van der Waals surface area contributed by atoms with Crippen LogP contribution in [0.25, 0.3) is 0 Å². The molecule has 0 radical (unpaired) electrons. The minimum absolute atomic E-state index is 0.363. The predicted molar refractivity (Wildman–Crippen MR) is 82.0 cm³/mol. The molecule has 2 fully saturated rings. The molecule has 3 rings (SSSR count). The molecule has 1 saturated carbocycles. The SMILES string of the molecule is CN(C)CC1CCN(c2cc(NC3CC3)nc(N)n2)C1. The number of nitrogens with zero attached hydrogens (tertiary/aromatic N) is 4. The molecule has 0 amide bonds. The standard InChI is InChI=1S/C14H24N6/c1-19(2)8-10-5-6-20(9-10)13-7-12(16-11-3-4-11)17-14(15)18-13/h7,10-11H,3-6,8-9H2,1-2H3,(H3,15,16,17,18). The second-order valence-electron chi connectivity index (χ2n) is 6.25. The molecule has 0 aromatic carbocycles. The average molecular weight is 276 g/mol. The Hall–Kier alpha value is -1.56. The zero-order valence-electron chi connectivity index (χ0n) is 12.3. The van der Waals surface area contributed by atoms with Crippen molar-refractivity contribution in [2.75, 3.05) is 49.7 Å². The molecule has 6 nitrogen and oxygen atoms in total. The maximum atomic E-state index is 5.84. The van der Waals surface area contributed by atoms with Crippen LogP contribution in [-0.4, -0.2) is 54.6 Å². The van der Waals surface area contributed by atoms with Crippen molar-refractivity contribution < 1.29 is 0 Å². The number of nitrogens with two attached hydrogens (primary N) is 1. The minimum atomic E-state index is 0.363. The van der Waals surface area contributed by atoms with E-state index in [1.807, 2.05) is 6.07 Å². The molecule has 1 atom stereocenters. The number of hydrogen-bond donors (Lipinski definition) is 2. The fourth-order valence-corrected chi connectivity index (χ4v) is 2.83. The summed E-state index contributed by atoms with van der Waals surface area (Å²) in [5.74, 6) is 2.90. The topological polar surface area (TPSA) is 70.3 Å². The normalized spacial score (nSPS) is 22.6. The van der Waals surface area contributed by atoms with Gasteiger partial charge in [-0.2, -0.15) is 9.97 Å². The van der Waals surface area contributed by atoms with Crippen LogP contribution >= 0.6 is 0 Å². The first-order valence-electron chi connectivity index (χ1n) is 7.41. The first-order chi connectivity index (χ1) is 9.60. The van der Waals surface area contributed by atoms with E-state index in [0.29, 0.717) is 17.9 Å². The van der Waals surface area contributed by atoms with E-state index in [9.17, 15) is 0 Å². The van der Waals surface area contributed by atoms with Crippen LogP contribution in [0.15, 0.2) is 6.07 Å². The summed E-state index contributed by atoms with van der Waals surface area (Å²) in [4.78, 5) is 13.2. The summed E-state index contributed by atoms with van der Waals surface area (Å²) >= 11 is 0. The number of anilines is 3. The van der Waals surface area contributed by atoms with Crippen molar-refractivity contribution in [2.24, 2.45) is 5.92 Å². The molecule has 6 heteroatoms. The lowest BCUT2D eigenvalue weighted by molar-refractivity contribution is 0.340. The van der Waals surface area contributed by atoms with Gasteiger partial charge in [-0.1, -0.05) is 0 Å². The lowest BCUT2D eigenvalue weighted by Crippen LogP contribution is -2.26. The van der Waals surface area contributed by atoms with Gasteiger partial charge in [0.25, 0.3) is 0 Å². The third kappa shape index (κ3) is 3.30. The van der Waals surface area contributed by atoms with Crippen molar-refractivity contribution in [3.05, 3.63) is 6.07 Å². The van der Waals surface area contributed by atoms with Crippen molar-refractivity contribution in [3.63, 3.8) is 0 Å². The lowest BCUT2D eigenvalue weighted by Gasteiger charge is -2.20. The zero-order valence-corrected chi connectivity index (χ0v) is 12.3. The predicted octanol–water partition coefficient (Wildman–Crippen LogP) is 1.02. The molecule has 2 heterocycles. The third-order valence-corrected chi connectivity index (χ3v) is 3.89. The summed E-state index contributed by atoms with van der Waals surface area (Å²) in [7, 11) is 4.26. The highest BCUT2D eigenvalue weighted by molar-refractivity contribution is 5.54. The fraction of sp³-hybridized carbons (Fsp3) is 0.714. The minimum Gasteiger partial charge on any atom is -0.368 e. The van der Waals surface area contributed by atoms with E-state index in [1.165, 1.54) is 19.3 Å². The van der Waals surface area contributed by atoms with Crippen LogP contribution in [0.2, 0.25) is 0 Å². The Morgan fingerprint density at radius 3 is 2.85 bits per heavy atom. The van der Waals surface area contributed by atoms with E-state index in [-0.39, 0.29) is 0 Å². The molecule has 2 aliphatic rings. The zero-order chi connectivity index (χ0) is 14.1. The molecule has 1 aromatic heterocycles. The second-order valence-corrected chi connectivity index (χ2v) is 6.25. The van der Waals surface area contributed by atoms with Gasteiger partial charge in [-0.25, -0.2) is 0 Å². The molecule has 20 heavy (non-hydrogen) atoms. The van der Waals surface area contributed by atoms with Gasteiger partial charge in [0.2, 0.25) is 5.95 Å². The molecule has 3 N–H and O–H groups in total. The second kappa shape index (κ2) is 5.44. The van der Waals surface area contributed by atoms with Crippen molar-refractivity contribution in [2.45, 2.75) is 25.3 Å². The molecule has 1 aliphatic carbocycles. The van der Waals surface area contributed by atoms with E-state index in [1.54, 1.807) is 0 Å². The molecule has 0 spiro atoms. The number of rotatable bonds is 5. The van der Waals surface area contributed by atoms with Crippen molar-refractivity contribution in [3.8, 4) is 0 Å². The highest BCUT2D eigenvalue weighted by atomic mass is 15.2. The summed E-state index contributed by atoms with van der Waals surface area (Å²) in [5.41, 5.74) is 5.84. The van der Waals surface area contributed by atoms with Crippen LogP contribution in [-0.2, 0) is 0 Å². The highest BCUT2D eigenvalue weighted by Crippen LogP contribution is 2.28. The van der Waals surface area contributed by atoms with Gasteiger partial charge >= 0.3 is 0 Å². The quantitative estimate of drug-likeness (QED) is 0.837. The van der Waals surface area contributed by atoms with Gasteiger partial charge in [-0.05, 0) is 39.3 Å². The number of hydrogen-bond acceptors (Lipinski definition) is 6. The van der Waals surface area contributed by atoms with Crippen LogP contribution in [0.5, 0.6) is 0 Å². The van der Waals surface area contributed by atoms with Gasteiger partial charge in [-0.3, -0.25) is 0 Å². The summed E-state index contributed by atoms with van der Waals surface area (Å²) in [6.45, 7) is 3.24. The van der Waals surface area contributed by atoms with Gasteiger partial charge in [0.15, 0.2) is 0 Å². The van der Waals surface area contributed by atoms with Crippen LogP contribution in [0.3, 0.4) is 0 Å². The molecule has 1 aliphatic heterocycles. The first-order valence-corrected chi connectivity index (χ1v) is 7.41. The van der Waals surface area contributed by atoms with E-state index >= 15 is 0 Å². The molecule has 1 aromatic rings. The Morgan fingerprint density at radius 2 is 2.15 bits per heavy atom. The lowest BCUT2D eigenvalue weighted by atomic mass is 10.1. The Morgan fingerprint density at radius 1 is 1.35 bits per heavy atom. The highest BCUT2D eigenvalue weighted by Gasteiger charge is 2.26. The van der Waals surface area contributed by atoms with Crippen LogP contribution in [0.1, 0.15) is 19.3 Å². The van der Waals surface area contributed by atoms with Gasteiger partial charge < -0.3 is 20.9 Å². The maximum absolute atomic E-state index is 5.84. The Bertz CT molecular complexity index is 471. The van der Waals surface area contributed by atoms with E-state index in [2.05, 4.69) is 39.2 Å². The van der Waals surface area contributed by atoms with Crippen LogP contribution < -0.4 is 16.0 Å². The van der Waals surface area contributed by atoms with Crippen molar-refractivity contribution in [1.29, 1.82) is 0 Å². The Kier molecular flexibility index (Phi) is 3.65. The molecular formula is C14H24N6. The number of aromatic nitrogens is 2. The third-order valence-electron chi connectivity index (χ3n) is 3.89. The molecule has 0 bridgehead atoms. The van der Waals surface area contributed by atoms with E-state index in [4.69, 9.17) is 5.73 Å². The smallest absolute Gasteiger partial charge is 0.223 e. The fourth-order valence-electron chi connectivity index (χ4n) is 2.83. The Labute approximate surface area is 120 Å². The van der Waals surface area contributed by atoms with Gasteiger partial charge in [0.05, 0.1) is 0 Å². The van der Waals surface area contributed by atoms with E-state index in [0.717, 1.165) is 31.3 Å². The Balaban J connectivity index is 1.68. The summed E-state index contributed by atoms with van der Waals surface area (Å²) in [6, 6.07) is 2.62. The summed E-state index contributed by atoms with van der Waals surface area (Å²) in [6.07, 6.45) is 3.68. The first kappa shape index (κ1) is 13.4. The molecule has 1 unspecified atom stereocenters.